The Hall–Kier alpha value is -1.55. The predicted octanol–water partition coefficient (Wildman–Crippen LogP) is 1.70. The number of hydrogen-bond acceptors (Lipinski definition) is 3. The van der Waals surface area contributed by atoms with E-state index in [1.165, 1.54) is 0 Å². The Balaban J connectivity index is 2.56. The van der Waals surface area contributed by atoms with Crippen LogP contribution in [0.25, 0.3) is 0 Å². The number of benzene rings is 1. The third-order valence-corrected chi connectivity index (χ3v) is 3.23. The zero-order valence-corrected chi connectivity index (χ0v) is 10.5. The number of nitrogens with one attached hydrogen (secondary N) is 1. The summed E-state index contributed by atoms with van der Waals surface area (Å²) in [5.41, 5.74) is 8.62. The van der Waals surface area contributed by atoms with Crippen LogP contribution in [0.5, 0.6) is 0 Å². The summed E-state index contributed by atoms with van der Waals surface area (Å²) in [4.78, 5) is 14.1. The predicted molar refractivity (Wildman–Crippen MR) is 70.0 cm³/mol. The lowest BCUT2D eigenvalue weighted by molar-refractivity contribution is -0.117. The normalized spacial score (nSPS) is 19.2. The minimum absolute atomic E-state index is 0.0344. The van der Waals surface area contributed by atoms with Crippen molar-refractivity contribution in [1.29, 1.82) is 0 Å². The molecule has 0 radical (unpaired) electrons. The highest BCUT2D eigenvalue weighted by molar-refractivity contribution is 6.04. The summed E-state index contributed by atoms with van der Waals surface area (Å²) in [6.45, 7) is 6.54. The van der Waals surface area contributed by atoms with Gasteiger partial charge in [0.15, 0.2) is 0 Å². The summed E-state index contributed by atoms with van der Waals surface area (Å²) in [5, 5.41) is 2.95. The Morgan fingerprint density at radius 2 is 2.18 bits per heavy atom. The molecule has 0 aliphatic carbocycles. The number of carbonyl (C=O) groups is 1. The fraction of sp³-hybridized carbons (Fsp3) is 0.462. The van der Waals surface area contributed by atoms with Gasteiger partial charge in [-0.2, -0.15) is 0 Å². The average molecular weight is 233 g/mol. The lowest BCUT2D eigenvalue weighted by Gasteiger charge is -2.39. The zero-order valence-electron chi connectivity index (χ0n) is 10.5. The molecule has 4 heteroatoms. The summed E-state index contributed by atoms with van der Waals surface area (Å²) in [7, 11) is 0. The number of nitrogens with zero attached hydrogens (tertiary/aromatic N) is 1. The third-order valence-electron chi connectivity index (χ3n) is 3.23. The van der Waals surface area contributed by atoms with Crippen LogP contribution in [0, 0.1) is 0 Å². The van der Waals surface area contributed by atoms with Crippen molar-refractivity contribution in [3.05, 3.63) is 23.8 Å². The van der Waals surface area contributed by atoms with Gasteiger partial charge in [0.2, 0.25) is 5.91 Å². The Morgan fingerprint density at radius 1 is 1.47 bits per heavy atom. The second-order valence-electron chi connectivity index (χ2n) is 4.68. The largest absolute Gasteiger partial charge is 0.356 e. The SMILES string of the molecule is CC(C)N1c2cccc(CN)c2NC(=O)C1C. The maximum absolute atomic E-state index is 11.9. The van der Waals surface area contributed by atoms with Gasteiger partial charge in [0.25, 0.3) is 0 Å². The first-order chi connectivity index (χ1) is 8.06. The summed E-state index contributed by atoms with van der Waals surface area (Å²) in [5.74, 6) is 0.0344. The number of hydrogen-bond donors (Lipinski definition) is 2. The van der Waals surface area contributed by atoms with E-state index in [0.29, 0.717) is 6.54 Å². The number of nitrogens with two attached hydrogens (primary N) is 1. The van der Waals surface area contributed by atoms with E-state index >= 15 is 0 Å². The highest BCUT2D eigenvalue weighted by atomic mass is 16.2. The van der Waals surface area contributed by atoms with E-state index in [1.54, 1.807) is 0 Å². The van der Waals surface area contributed by atoms with Crippen molar-refractivity contribution in [2.45, 2.75) is 39.4 Å². The van der Waals surface area contributed by atoms with Crippen LogP contribution in [0.1, 0.15) is 26.3 Å². The van der Waals surface area contributed by atoms with Crippen molar-refractivity contribution >= 4 is 17.3 Å². The fourth-order valence-corrected chi connectivity index (χ4v) is 2.40. The van der Waals surface area contributed by atoms with Crippen LogP contribution in [0.15, 0.2) is 18.2 Å². The van der Waals surface area contributed by atoms with Crippen LogP contribution in [0.4, 0.5) is 11.4 Å². The molecule has 0 fully saturated rings. The number of rotatable bonds is 2. The lowest BCUT2D eigenvalue weighted by Crippen LogP contribution is -2.49. The summed E-state index contributed by atoms with van der Waals surface area (Å²) in [6.07, 6.45) is 0. The topological polar surface area (TPSA) is 58.4 Å². The van der Waals surface area contributed by atoms with Crippen LogP contribution in [-0.2, 0) is 11.3 Å². The molecule has 1 atom stereocenters. The van der Waals surface area contributed by atoms with Gasteiger partial charge in [0.1, 0.15) is 6.04 Å². The van der Waals surface area contributed by atoms with Crippen molar-refractivity contribution in [2.75, 3.05) is 10.2 Å². The van der Waals surface area contributed by atoms with Crippen molar-refractivity contribution in [2.24, 2.45) is 5.73 Å². The summed E-state index contributed by atoms with van der Waals surface area (Å²) >= 11 is 0. The highest BCUT2D eigenvalue weighted by Gasteiger charge is 2.31. The molecule has 1 heterocycles. The van der Waals surface area contributed by atoms with E-state index in [2.05, 4.69) is 24.1 Å². The molecular formula is C13H19N3O. The van der Waals surface area contributed by atoms with Crippen LogP contribution in [0.2, 0.25) is 0 Å². The van der Waals surface area contributed by atoms with Crippen molar-refractivity contribution in [1.82, 2.24) is 0 Å². The van der Waals surface area contributed by atoms with E-state index in [0.717, 1.165) is 16.9 Å². The van der Waals surface area contributed by atoms with E-state index in [4.69, 9.17) is 5.73 Å². The Labute approximate surface area is 102 Å². The minimum Gasteiger partial charge on any atom is -0.356 e. The Bertz CT molecular complexity index is 442. The van der Waals surface area contributed by atoms with E-state index in [1.807, 2.05) is 25.1 Å². The Kier molecular flexibility index (Phi) is 3.07. The molecule has 0 saturated heterocycles. The second-order valence-corrected chi connectivity index (χ2v) is 4.68. The van der Waals surface area contributed by atoms with Gasteiger partial charge < -0.3 is 16.0 Å². The average Bonchev–Trinajstić information content (AvgIpc) is 2.29. The van der Waals surface area contributed by atoms with Gasteiger partial charge in [0, 0.05) is 12.6 Å². The first-order valence-corrected chi connectivity index (χ1v) is 5.97. The van der Waals surface area contributed by atoms with Crippen LogP contribution >= 0.6 is 0 Å². The molecule has 1 unspecified atom stereocenters. The van der Waals surface area contributed by atoms with Gasteiger partial charge in [0.05, 0.1) is 11.4 Å². The molecule has 1 aromatic carbocycles. The first kappa shape index (κ1) is 11.9. The van der Waals surface area contributed by atoms with E-state index in [9.17, 15) is 4.79 Å². The van der Waals surface area contributed by atoms with Crippen LogP contribution in [-0.4, -0.2) is 18.0 Å². The van der Waals surface area contributed by atoms with Gasteiger partial charge >= 0.3 is 0 Å². The van der Waals surface area contributed by atoms with Gasteiger partial charge in [-0.15, -0.1) is 0 Å². The molecule has 3 N–H and O–H groups in total. The highest BCUT2D eigenvalue weighted by Crippen LogP contribution is 2.35. The fourth-order valence-electron chi connectivity index (χ4n) is 2.40. The number of para-hydroxylation sites is 1. The molecule has 1 aliphatic rings. The molecule has 0 bridgehead atoms. The lowest BCUT2D eigenvalue weighted by atomic mass is 10.0. The van der Waals surface area contributed by atoms with Crippen LogP contribution < -0.4 is 16.0 Å². The third kappa shape index (κ3) is 1.89. The molecule has 0 aromatic heterocycles. The Morgan fingerprint density at radius 3 is 2.76 bits per heavy atom. The molecule has 1 aromatic rings. The molecule has 0 spiro atoms. The smallest absolute Gasteiger partial charge is 0.246 e. The molecular weight excluding hydrogens is 214 g/mol. The number of anilines is 2. The second kappa shape index (κ2) is 4.37. The zero-order chi connectivity index (χ0) is 12.6. The molecule has 92 valence electrons. The molecule has 1 aliphatic heterocycles. The monoisotopic (exact) mass is 233 g/mol. The standard InChI is InChI=1S/C13H19N3O/c1-8(2)16-9(3)13(17)15-12-10(7-14)5-4-6-11(12)16/h4-6,8-9H,7,14H2,1-3H3,(H,15,17). The van der Waals surface area contributed by atoms with Gasteiger partial charge in [-0.05, 0) is 32.4 Å². The van der Waals surface area contributed by atoms with Crippen molar-refractivity contribution in [3.63, 3.8) is 0 Å². The molecule has 0 saturated carbocycles. The number of fused-ring (bicyclic) bond motifs is 1. The minimum atomic E-state index is -0.143. The summed E-state index contributed by atoms with van der Waals surface area (Å²) in [6, 6.07) is 6.11. The molecule has 2 rings (SSSR count). The molecule has 1 amide bonds. The van der Waals surface area contributed by atoms with Crippen LogP contribution in [0.3, 0.4) is 0 Å². The molecule has 17 heavy (non-hydrogen) atoms. The summed E-state index contributed by atoms with van der Waals surface area (Å²) < 4.78 is 0. The van der Waals surface area contributed by atoms with Gasteiger partial charge in [-0.3, -0.25) is 4.79 Å². The maximum atomic E-state index is 11.9. The number of amides is 1. The quantitative estimate of drug-likeness (QED) is 0.817. The number of carbonyl (C=O) groups excluding carboxylic acids is 1. The van der Waals surface area contributed by atoms with E-state index in [-0.39, 0.29) is 18.0 Å². The van der Waals surface area contributed by atoms with Crippen molar-refractivity contribution < 1.29 is 4.79 Å². The molecule has 4 nitrogen and oxygen atoms in total. The first-order valence-electron chi connectivity index (χ1n) is 5.97. The van der Waals surface area contributed by atoms with Crippen molar-refractivity contribution in [3.8, 4) is 0 Å². The van der Waals surface area contributed by atoms with E-state index < -0.39 is 0 Å². The maximum Gasteiger partial charge on any atom is 0.246 e. The van der Waals surface area contributed by atoms with Gasteiger partial charge in [-0.1, -0.05) is 12.1 Å². The van der Waals surface area contributed by atoms with Gasteiger partial charge in [-0.25, -0.2) is 0 Å².